The van der Waals surface area contributed by atoms with Gasteiger partial charge in [0.2, 0.25) is 5.91 Å². The molecule has 3 heterocycles. The third kappa shape index (κ3) is 3.60. The van der Waals surface area contributed by atoms with E-state index in [2.05, 4.69) is 5.32 Å². The number of nitrogens with one attached hydrogen (secondary N) is 1. The Labute approximate surface area is 157 Å². The average molecular weight is 370 g/mol. The van der Waals surface area contributed by atoms with E-state index < -0.39 is 0 Å². The van der Waals surface area contributed by atoms with Crippen LogP contribution in [-0.4, -0.2) is 35.9 Å². The molecule has 1 atom stereocenters. The Morgan fingerprint density at radius 2 is 2.19 bits per heavy atom. The highest BCUT2D eigenvalue weighted by Gasteiger charge is 2.31. The summed E-state index contributed by atoms with van der Waals surface area (Å²) in [7, 11) is 0. The van der Waals surface area contributed by atoms with Crippen LogP contribution in [0.5, 0.6) is 5.75 Å². The number of benzene rings is 1. The second kappa shape index (κ2) is 7.50. The molecule has 1 N–H and O–H groups in total. The summed E-state index contributed by atoms with van der Waals surface area (Å²) >= 11 is 1.56. The van der Waals surface area contributed by atoms with E-state index in [0.717, 1.165) is 30.7 Å². The van der Waals surface area contributed by atoms with E-state index in [1.165, 1.54) is 6.42 Å². The number of piperidine rings is 1. The van der Waals surface area contributed by atoms with Gasteiger partial charge >= 0.3 is 0 Å². The van der Waals surface area contributed by atoms with E-state index in [1.807, 2.05) is 22.4 Å². The molecule has 5 nitrogen and oxygen atoms in total. The van der Waals surface area contributed by atoms with Crippen LogP contribution in [0.15, 0.2) is 35.7 Å². The molecular weight excluding hydrogens is 348 g/mol. The van der Waals surface area contributed by atoms with Crippen LogP contribution in [0.1, 0.15) is 40.9 Å². The number of hydrogen-bond acceptors (Lipinski definition) is 4. The van der Waals surface area contributed by atoms with Crippen molar-refractivity contribution >= 4 is 28.8 Å². The van der Waals surface area contributed by atoms with Gasteiger partial charge in [-0.1, -0.05) is 6.07 Å². The SMILES string of the molecule is O=C(Cc1cccs1)Nc1ccc2c(c1)C(=O)N1CCCCC1CCO2. The van der Waals surface area contributed by atoms with Gasteiger partial charge in [0.15, 0.2) is 0 Å². The molecule has 26 heavy (non-hydrogen) atoms. The minimum Gasteiger partial charge on any atom is -0.493 e. The summed E-state index contributed by atoms with van der Waals surface area (Å²) in [6.07, 6.45) is 4.48. The molecule has 0 spiro atoms. The fourth-order valence-corrected chi connectivity index (χ4v) is 4.41. The van der Waals surface area contributed by atoms with E-state index in [9.17, 15) is 9.59 Å². The maximum Gasteiger partial charge on any atom is 0.257 e. The van der Waals surface area contributed by atoms with E-state index in [-0.39, 0.29) is 17.9 Å². The van der Waals surface area contributed by atoms with Crippen molar-refractivity contribution in [1.29, 1.82) is 0 Å². The first-order chi connectivity index (χ1) is 12.7. The van der Waals surface area contributed by atoms with Gasteiger partial charge in [0.05, 0.1) is 18.6 Å². The molecule has 4 rings (SSSR count). The Kier molecular flexibility index (Phi) is 4.93. The predicted molar refractivity (Wildman–Crippen MR) is 102 cm³/mol. The van der Waals surface area contributed by atoms with Gasteiger partial charge in [0, 0.05) is 29.6 Å². The van der Waals surface area contributed by atoms with Gasteiger partial charge in [-0.05, 0) is 48.9 Å². The van der Waals surface area contributed by atoms with Gasteiger partial charge in [-0.15, -0.1) is 11.3 Å². The van der Waals surface area contributed by atoms with Crippen molar-refractivity contribution < 1.29 is 14.3 Å². The molecule has 2 aliphatic rings. The minimum atomic E-state index is -0.0811. The summed E-state index contributed by atoms with van der Waals surface area (Å²) in [6, 6.07) is 9.48. The fraction of sp³-hybridized carbons (Fsp3) is 0.400. The molecule has 0 aliphatic carbocycles. The van der Waals surface area contributed by atoms with Crippen molar-refractivity contribution in [3.8, 4) is 5.75 Å². The second-order valence-electron chi connectivity index (χ2n) is 6.80. The van der Waals surface area contributed by atoms with Crippen molar-refractivity contribution in [2.24, 2.45) is 0 Å². The maximum absolute atomic E-state index is 13.1. The molecule has 1 saturated heterocycles. The Hall–Kier alpha value is -2.34. The minimum absolute atomic E-state index is 0.0127. The number of rotatable bonds is 3. The average Bonchev–Trinajstić information content (AvgIpc) is 3.14. The third-order valence-corrected chi connectivity index (χ3v) is 5.88. The number of nitrogens with zero attached hydrogens (tertiary/aromatic N) is 1. The zero-order chi connectivity index (χ0) is 17.9. The van der Waals surface area contributed by atoms with Crippen LogP contribution in [0, 0.1) is 0 Å². The van der Waals surface area contributed by atoms with Crippen molar-refractivity contribution in [3.63, 3.8) is 0 Å². The number of anilines is 1. The summed E-state index contributed by atoms with van der Waals surface area (Å²) in [6.45, 7) is 1.42. The van der Waals surface area contributed by atoms with Crippen LogP contribution < -0.4 is 10.1 Å². The molecule has 1 unspecified atom stereocenters. The molecule has 1 fully saturated rings. The Morgan fingerprint density at radius 3 is 3.04 bits per heavy atom. The van der Waals surface area contributed by atoms with Crippen molar-refractivity contribution in [2.45, 2.75) is 38.1 Å². The first kappa shape index (κ1) is 17.1. The van der Waals surface area contributed by atoms with Gasteiger partial charge < -0.3 is 15.0 Å². The smallest absolute Gasteiger partial charge is 0.257 e. The molecule has 2 amide bonds. The highest BCUT2D eigenvalue weighted by atomic mass is 32.1. The highest BCUT2D eigenvalue weighted by molar-refractivity contribution is 7.10. The van der Waals surface area contributed by atoms with E-state index in [1.54, 1.807) is 29.5 Å². The number of carbonyl (C=O) groups is 2. The maximum atomic E-state index is 13.1. The molecule has 1 aromatic carbocycles. The van der Waals surface area contributed by atoms with Gasteiger partial charge in [-0.3, -0.25) is 9.59 Å². The largest absolute Gasteiger partial charge is 0.493 e. The van der Waals surface area contributed by atoms with E-state index in [4.69, 9.17) is 4.74 Å². The number of carbonyl (C=O) groups excluding carboxylic acids is 2. The molecule has 2 aromatic rings. The molecule has 6 heteroatoms. The molecule has 136 valence electrons. The normalized spacial score (nSPS) is 19.6. The monoisotopic (exact) mass is 370 g/mol. The zero-order valence-corrected chi connectivity index (χ0v) is 15.4. The lowest BCUT2D eigenvalue weighted by molar-refractivity contribution is -0.115. The van der Waals surface area contributed by atoms with Gasteiger partial charge in [-0.2, -0.15) is 0 Å². The van der Waals surface area contributed by atoms with Crippen LogP contribution in [0.4, 0.5) is 5.69 Å². The number of ether oxygens (including phenoxy) is 1. The van der Waals surface area contributed by atoms with Gasteiger partial charge in [-0.25, -0.2) is 0 Å². The number of amides is 2. The zero-order valence-electron chi connectivity index (χ0n) is 14.6. The molecular formula is C20H22N2O3S. The summed E-state index contributed by atoms with van der Waals surface area (Å²) in [4.78, 5) is 28.3. The second-order valence-corrected chi connectivity index (χ2v) is 7.83. The lowest BCUT2D eigenvalue weighted by Gasteiger charge is -2.37. The van der Waals surface area contributed by atoms with Crippen LogP contribution in [0.3, 0.4) is 0 Å². The summed E-state index contributed by atoms with van der Waals surface area (Å²) in [5.41, 5.74) is 1.18. The van der Waals surface area contributed by atoms with Crippen LogP contribution in [0.2, 0.25) is 0 Å². The standard InChI is InChI=1S/C20H22N2O3S/c23-19(13-16-5-3-11-26-16)21-14-6-7-18-17(12-14)20(24)22-9-2-1-4-15(22)8-10-25-18/h3,5-7,11-12,15H,1-2,4,8-10,13H2,(H,21,23). The van der Waals surface area contributed by atoms with Crippen LogP contribution >= 0.6 is 11.3 Å². The third-order valence-electron chi connectivity index (χ3n) is 5.01. The molecule has 0 bridgehead atoms. The molecule has 1 aromatic heterocycles. The Bertz CT molecular complexity index is 803. The predicted octanol–water partition coefficient (Wildman–Crippen LogP) is 3.71. The summed E-state index contributed by atoms with van der Waals surface area (Å²) < 4.78 is 5.83. The first-order valence-electron chi connectivity index (χ1n) is 9.11. The quantitative estimate of drug-likeness (QED) is 0.896. The molecule has 2 aliphatic heterocycles. The Balaban J connectivity index is 1.54. The lowest BCUT2D eigenvalue weighted by Crippen LogP contribution is -2.45. The van der Waals surface area contributed by atoms with Crippen LogP contribution in [0.25, 0.3) is 0 Å². The first-order valence-corrected chi connectivity index (χ1v) is 9.99. The lowest BCUT2D eigenvalue weighted by atomic mass is 9.97. The molecule has 0 radical (unpaired) electrons. The topological polar surface area (TPSA) is 58.6 Å². The number of thiophene rings is 1. The summed E-state index contributed by atoms with van der Waals surface area (Å²) in [5.74, 6) is 0.538. The van der Waals surface area contributed by atoms with Crippen molar-refractivity contribution in [3.05, 3.63) is 46.2 Å². The van der Waals surface area contributed by atoms with E-state index in [0.29, 0.717) is 30.0 Å². The summed E-state index contributed by atoms with van der Waals surface area (Å²) in [5, 5.41) is 4.86. The van der Waals surface area contributed by atoms with Crippen molar-refractivity contribution in [1.82, 2.24) is 4.90 Å². The van der Waals surface area contributed by atoms with Gasteiger partial charge in [0.25, 0.3) is 5.91 Å². The highest BCUT2D eigenvalue weighted by Crippen LogP contribution is 2.31. The number of hydrogen-bond donors (Lipinski definition) is 1. The van der Waals surface area contributed by atoms with Gasteiger partial charge in [0.1, 0.15) is 5.75 Å². The number of fused-ring (bicyclic) bond motifs is 2. The van der Waals surface area contributed by atoms with E-state index >= 15 is 0 Å². The Morgan fingerprint density at radius 1 is 1.27 bits per heavy atom. The van der Waals surface area contributed by atoms with Crippen LogP contribution in [-0.2, 0) is 11.2 Å². The van der Waals surface area contributed by atoms with Crippen molar-refractivity contribution in [2.75, 3.05) is 18.5 Å². The molecule has 0 saturated carbocycles. The fourth-order valence-electron chi connectivity index (χ4n) is 3.71.